The van der Waals surface area contributed by atoms with Crippen molar-refractivity contribution in [1.29, 1.82) is 0 Å². The molecule has 0 radical (unpaired) electrons. The van der Waals surface area contributed by atoms with Gasteiger partial charge in [-0.1, -0.05) is 0 Å². The maximum atomic E-state index is 5.65. The van der Waals surface area contributed by atoms with Gasteiger partial charge in [0, 0.05) is 24.9 Å². The van der Waals surface area contributed by atoms with E-state index in [1.165, 1.54) is 17.9 Å². The zero-order valence-corrected chi connectivity index (χ0v) is 7.45. The number of aromatic nitrogens is 2. The largest absolute Gasteiger partial charge is 0.332 e. The van der Waals surface area contributed by atoms with E-state index < -0.39 is 0 Å². The summed E-state index contributed by atoms with van der Waals surface area (Å²) in [5.41, 5.74) is 6.91. The first kappa shape index (κ1) is 7.80. The van der Waals surface area contributed by atoms with Gasteiger partial charge in [0.1, 0.15) is 5.82 Å². The molecular weight excluding hydrogens is 150 g/mol. The first-order valence-electron chi connectivity index (χ1n) is 4.52. The van der Waals surface area contributed by atoms with Gasteiger partial charge in [-0.15, -0.1) is 0 Å². The molecule has 1 atom stereocenters. The highest BCUT2D eigenvalue weighted by atomic mass is 15.1. The molecule has 0 saturated heterocycles. The fourth-order valence-corrected chi connectivity index (χ4v) is 1.83. The SMILES string of the molecule is Cc1cnc2n1CC(CN)CC2. The Balaban J connectivity index is 2.26. The molecule has 66 valence electrons. The van der Waals surface area contributed by atoms with Crippen LogP contribution in [-0.2, 0) is 13.0 Å². The van der Waals surface area contributed by atoms with Crippen LogP contribution in [0.2, 0.25) is 0 Å². The first-order valence-corrected chi connectivity index (χ1v) is 4.52. The van der Waals surface area contributed by atoms with Gasteiger partial charge in [0.05, 0.1) is 0 Å². The summed E-state index contributed by atoms with van der Waals surface area (Å²) in [4.78, 5) is 4.35. The monoisotopic (exact) mass is 165 g/mol. The number of hydrogen-bond acceptors (Lipinski definition) is 2. The minimum Gasteiger partial charge on any atom is -0.332 e. The molecule has 0 aromatic carbocycles. The van der Waals surface area contributed by atoms with Gasteiger partial charge in [-0.25, -0.2) is 4.98 Å². The Hall–Kier alpha value is -0.830. The number of rotatable bonds is 1. The third kappa shape index (κ3) is 1.14. The van der Waals surface area contributed by atoms with Gasteiger partial charge in [-0.2, -0.15) is 0 Å². The van der Waals surface area contributed by atoms with E-state index in [9.17, 15) is 0 Å². The molecule has 0 saturated carbocycles. The Morgan fingerprint density at radius 3 is 3.33 bits per heavy atom. The summed E-state index contributed by atoms with van der Waals surface area (Å²) in [5.74, 6) is 1.89. The molecule has 12 heavy (non-hydrogen) atoms. The van der Waals surface area contributed by atoms with Crippen LogP contribution in [0, 0.1) is 12.8 Å². The lowest BCUT2D eigenvalue weighted by molar-refractivity contribution is 0.369. The minimum atomic E-state index is 0.658. The van der Waals surface area contributed by atoms with Crippen molar-refractivity contribution in [2.45, 2.75) is 26.3 Å². The molecule has 2 rings (SSSR count). The van der Waals surface area contributed by atoms with Gasteiger partial charge < -0.3 is 10.3 Å². The summed E-state index contributed by atoms with van der Waals surface area (Å²) < 4.78 is 2.29. The quantitative estimate of drug-likeness (QED) is 0.666. The summed E-state index contributed by atoms with van der Waals surface area (Å²) in [7, 11) is 0. The number of aryl methyl sites for hydroxylation is 2. The zero-order chi connectivity index (χ0) is 8.55. The lowest BCUT2D eigenvalue weighted by Gasteiger charge is -2.23. The van der Waals surface area contributed by atoms with Gasteiger partial charge in [-0.05, 0) is 25.8 Å². The van der Waals surface area contributed by atoms with E-state index in [1.54, 1.807) is 0 Å². The minimum absolute atomic E-state index is 0.658. The average molecular weight is 165 g/mol. The highest BCUT2D eigenvalue weighted by molar-refractivity contribution is 5.06. The van der Waals surface area contributed by atoms with Crippen molar-refractivity contribution in [3.63, 3.8) is 0 Å². The molecule has 2 heterocycles. The number of nitrogens with zero attached hydrogens (tertiary/aromatic N) is 2. The van der Waals surface area contributed by atoms with Gasteiger partial charge in [0.2, 0.25) is 0 Å². The molecule has 3 heteroatoms. The lowest BCUT2D eigenvalue weighted by Crippen LogP contribution is -2.26. The summed E-state index contributed by atoms with van der Waals surface area (Å²) >= 11 is 0. The van der Waals surface area contributed by atoms with Crippen molar-refractivity contribution in [3.05, 3.63) is 17.7 Å². The van der Waals surface area contributed by atoms with Crippen molar-refractivity contribution in [1.82, 2.24) is 9.55 Å². The van der Waals surface area contributed by atoms with E-state index in [1.807, 2.05) is 6.20 Å². The molecule has 0 fully saturated rings. The van der Waals surface area contributed by atoms with E-state index in [0.29, 0.717) is 5.92 Å². The highest BCUT2D eigenvalue weighted by Crippen LogP contribution is 2.19. The predicted octanol–water partition coefficient (Wildman–Crippen LogP) is 0.713. The smallest absolute Gasteiger partial charge is 0.108 e. The molecular formula is C9H15N3. The Morgan fingerprint density at radius 2 is 2.58 bits per heavy atom. The number of hydrogen-bond donors (Lipinski definition) is 1. The van der Waals surface area contributed by atoms with Crippen LogP contribution in [0.4, 0.5) is 0 Å². The van der Waals surface area contributed by atoms with Crippen molar-refractivity contribution < 1.29 is 0 Å². The maximum Gasteiger partial charge on any atom is 0.108 e. The van der Waals surface area contributed by atoms with Crippen LogP contribution in [-0.4, -0.2) is 16.1 Å². The molecule has 0 spiro atoms. The van der Waals surface area contributed by atoms with E-state index >= 15 is 0 Å². The molecule has 0 bridgehead atoms. The van der Waals surface area contributed by atoms with Crippen LogP contribution in [0.15, 0.2) is 6.20 Å². The second-order valence-corrected chi connectivity index (χ2v) is 3.57. The molecule has 2 N–H and O–H groups in total. The Bertz CT molecular complexity index is 277. The number of imidazole rings is 1. The van der Waals surface area contributed by atoms with Crippen LogP contribution < -0.4 is 5.73 Å². The first-order chi connectivity index (χ1) is 5.81. The predicted molar refractivity (Wildman–Crippen MR) is 47.8 cm³/mol. The Labute approximate surface area is 72.6 Å². The molecule has 1 aromatic rings. The topological polar surface area (TPSA) is 43.8 Å². The van der Waals surface area contributed by atoms with Crippen molar-refractivity contribution in [2.24, 2.45) is 11.7 Å². The van der Waals surface area contributed by atoms with Crippen LogP contribution in [0.25, 0.3) is 0 Å². The number of nitrogens with two attached hydrogens (primary N) is 1. The van der Waals surface area contributed by atoms with E-state index in [0.717, 1.165) is 19.5 Å². The molecule has 0 aliphatic carbocycles. The average Bonchev–Trinajstić information content (AvgIpc) is 2.47. The lowest BCUT2D eigenvalue weighted by atomic mass is 10.00. The normalized spacial score (nSPS) is 22.3. The van der Waals surface area contributed by atoms with Gasteiger partial charge in [0.25, 0.3) is 0 Å². The van der Waals surface area contributed by atoms with Gasteiger partial charge in [0.15, 0.2) is 0 Å². The highest BCUT2D eigenvalue weighted by Gasteiger charge is 2.18. The van der Waals surface area contributed by atoms with E-state index in [-0.39, 0.29) is 0 Å². The Kier molecular flexibility index (Phi) is 1.89. The summed E-state index contributed by atoms with van der Waals surface area (Å²) in [6.07, 6.45) is 4.25. The standard InChI is InChI=1S/C9H15N3/c1-7-5-11-9-3-2-8(4-10)6-12(7)9/h5,8H,2-4,6,10H2,1H3. The molecule has 1 aliphatic heterocycles. The zero-order valence-electron chi connectivity index (χ0n) is 7.45. The number of fused-ring (bicyclic) bond motifs is 1. The molecule has 0 amide bonds. The van der Waals surface area contributed by atoms with Crippen molar-refractivity contribution in [3.8, 4) is 0 Å². The van der Waals surface area contributed by atoms with Gasteiger partial charge >= 0.3 is 0 Å². The van der Waals surface area contributed by atoms with E-state index in [2.05, 4.69) is 16.5 Å². The van der Waals surface area contributed by atoms with E-state index in [4.69, 9.17) is 5.73 Å². The molecule has 1 aromatic heterocycles. The van der Waals surface area contributed by atoms with Crippen LogP contribution >= 0.6 is 0 Å². The second kappa shape index (κ2) is 2.90. The van der Waals surface area contributed by atoms with Gasteiger partial charge in [-0.3, -0.25) is 0 Å². The second-order valence-electron chi connectivity index (χ2n) is 3.57. The molecule has 1 aliphatic rings. The van der Waals surface area contributed by atoms with Crippen LogP contribution in [0.5, 0.6) is 0 Å². The Morgan fingerprint density at radius 1 is 1.75 bits per heavy atom. The van der Waals surface area contributed by atoms with Crippen molar-refractivity contribution >= 4 is 0 Å². The molecule has 1 unspecified atom stereocenters. The summed E-state index contributed by atoms with van der Waals surface area (Å²) in [6, 6.07) is 0. The fourth-order valence-electron chi connectivity index (χ4n) is 1.83. The van der Waals surface area contributed by atoms with Crippen molar-refractivity contribution in [2.75, 3.05) is 6.54 Å². The maximum absolute atomic E-state index is 5.65. The summed E-state index contributed by atoms with van der Waals surface area (Å²) in [6.45, 7) is 3.98. The fraction of sp³-hybridized carbons (Fsp3) is 0.667. The third-order valence-electron chi connectivity index (χ3n) is 2.69. The van der Waals surface area contributed by atoms with Crippen LogP contribution in [0.3, 0.4) is 0 Å². The van der Waals surface area contributed by atoms with Crippen LogP contribution in [0.1, 0.15) is 17.9 Å². The third-order valence-corrected chi connectivity index (χ3v) is 2.69. The molecule has 3 nitrogen and oxygen atoms in total. The summed E-state index contributed by atoms with van der Waals surface area (Å²) in [5, 5.41) is 0.